The first-order valence-electron chi connectivity index (χ1n) is 14.3. The van der Waals surface area contributed by atoms with Crippen molar-refractivity contribution in [3.05, 3.63) is 23.5 Å². The average Bonchev–Trinajstić information content (AvgIpc) is 3.47. The molecule has 0 unspecified atom stereocenters. The number of nitrogens with zero attached hydrogens (tertiary/aromatic N) is 1. The second-order valence-electron chi connectivity index (χ2n) is 12.2. The van der Waals surface area contributed by atoms with Crippen molar-refractivity contribution in [1.82, 2.24) is 10.3 Å². The van der Waals surface area contributed by atoms with Crippen molar-refractivity contribution in [2.24, 2.45) is 22.1 Å². The third-order valence-electron chi connectivity index (χ3n) is 7.85. The van der Waals surface area contributed by atoms with E-state index in [1.54, 1.807) is 39.8 Å². The Kier molecular flexibility index (Phi) is 10.8. The minimum Gasteiger partial charge on any atom is -0.463 e. The van der Waals surface area contributed by atoms with Gasteiger partial charge in [-0.25, -0.2) is 4.99 Å². The van der Waals surface area contributed by atoms with Crippen LogP contribution in [0.3, 0.4) is 0 Å². The number of aromatic amines is 1. The zero-order valence-electron chi connectivity index (χ0n) is 24.7. The molecule has 0 radical (unpaired) electrons. The number of aliphatic imine (C=N–C) groups is 1. The van der Waals surface area contributed by atoms with Crippen LogP contribution in [-0.2, 0) is 34.2 Å². The van der Waals surface area contributed by atoms with E-state index in [9.17, 15) is 19.5 Å². The fourth-order valence-corrected chi connectivity index (χ4v) is 4.78. The van der Waals surface area contributed by atoms with Crippen LogP contribution in [0.25, 0.3) is 0 Å². The molecule has 228 valence electrons. The van der Waals surface area contributed by atoms with E-state index in [0.29, 0.717) is 36.6 Å². The summed E-state index contributed by atoms with van der Waals surface area (Å²) >= 11 is 0. The third kappa shape index (κ3) is 8.02. The molecule has 12 nitrogen and oxygen atoms in total. The summed E-state index contributed by atoms with van der Waals surface area (Å²) in [6.07, 6.45) is 2.60. The summed E-state index contributed by atoms with van der Waals surface area (Å²) in [6, 6.07) is 2.33. The van der Waals surface area contributed by atoms with Crippen molar-refractivity contribution >= 4 is 30.0 Å². The van der Waals surface area contributed by atoms with Gasteiger partial charge in [-0.2, -0.15) is 0 Å². The molecule has 0 aromatic carbocycles. The minimum absolute atomic E-state index is 0.143. The van der Waals surface area contributed by atoms with Gasteiger partial charge in [0.05, 0.1) is 11.4 Å². The van der Waals surface area contributed by atoms with E-state index in [1.807, 2.05) is 6.92 Å². The molecule has 6 N–H and O–H groups in total. The maximum absolute atomic E-state index is 13.0. The molecular weight excluding hydrogens is 530 g/mol. The van der Waals surface area contributed by atoms with Crippen LogP contribution < -0.4 is 11.1 Å². The first kappa shape index (κ1) is 32.4. The Morgan fingerprint density at radius 3 is 2.63 bits per heavy atom. The molecule has 2 heterocycles. The SMILES string of the molecule is CCCCC(=O)N/C(=N/C=N)c1ccc([C@]2(C)O[C@H](COC(=O)CC3CCC3)[C@@H](OC(=O)[C@@H](N)C(C)(C)C)[C@H]2O)[nH]1. The average molecular weight is 576 g/mol. The third-order valence-corrected chi connectivity index (χ3v) is 7.85. The number of hydrogen-bond donors (Lipinski definition) is 5. The zero-order chi connectivity index (χ0) is 30.4. The molecule has 3 rings (SSSR count). The Morgan fingerprint density at radius 1 is 1.34 bits per heavy atom. The van der Waals surface area contributed by atoms with E-state index in [1.165, 1.54) is 0 Å². The van der Waals surface area contributed by atoms with Crippen LogP contribution in [-0.4, -0.2) is 71.1 Å². The highest BCUT2D eigenvalue weighted by atomic mass is 16.6. The predicted octanol–water partition coefficient (Wildman–Crippen LogP) is 2.67. The summed E-state index contributed by atoms with van der Waals surface area (Å²) in [7, 11) is 0. The smallest absolute Gasteiger partial charge is 0.323 e. The fourth-order valence-electron chi connectivity index (χ4n) is 4.78. The number of carbonyl (C=O) groups is 3. The molecule has 1 aliphatic heterocycles. The van der Waals surface area contributed by atoms with Gasteiger partial charge in [0.2, 0.25) is 5.91 Å². The van der Waals surface area contributed by atoms with E-state index < -0.39 is 41.3 Å². The molecular formula is C29H45N5O7. The molecule has 0 spiro atoms. The Labute approximate surface area is 241 Å². The van der Waals surface area contributed by atoms with E-state index >= 15 is 0 Å². The van der Waals surface area contributed by atoms with Gasteiger partial charge in [0.25, 0.3) is 0 Å². The van der Waals surface area contributed by atoms with Crippen molar-refractivity contribution in [3.8, 4) is 0 Å². The van der Waals surface area contributed by atoms with Crippen molar-refractivity contribution in [2.45, 2.75) is 110 Å². The number of hydrogen-bond acceptors (Lipinski definition) is 9. The Morgan fingerprint density at radius 2 is 2.05 bits per heavy atom. The van der Waals surface area contributed by atoms with Crippen LogP contribution in [0.2, 0.25) is 0 Å². The van der Waals surface area contributed by atoms with Gasteiger partial charge in [-0.05, 0) is 49.7 Å². The maximum atomic E-state index is 13.0. The number of nitrogens with one attached hydrogen (secondary N) is 3. The number of nitrogens with two attached hydrogens (primary N) is 1. The lowest BCUT2D eigenvalue weighted by molar-refractivity contribution is -0.164. The normalized spacial score (nSPS) is 25.7. The van der Waals surface area contributed by atoms with E-state index in [4.69, 9.17) is 25.4 Å². The number of amidine groups is 1. The van der Waals surface area contributed by atoms with Gasteiger partial charge < -0.3 is 35.4 Å². The summed E-state index contributed by atoms with van der Waals surface area (Å²) in [5, 5.41) is 21.6. The van der Waals surface area contributed by atoms with Crippen LogP contribution in [0.15, 0.2) is 17.1 Å². The highest BCUT2D eigenvalue weighted by Gasteiger charge is 2.56. The number of rotatable bonds is 12. The fraction of sp³-hybridized carbons (Fsp3) is 0.690. The lowest BCUT2D eigenvalue weighted by Crippen LogP contribution is -2.48. The molecule has 1 aliphatic carbocycles. The van der Waals surface area contributed by atoms with Crippen LogP contribution >= 0.6 is 0 Å². The second kappa shape index (κ2) is 13.7. The first-order valence-corrected chi connectivity index (χ1v) is 14.3. The lowest BCUT2D eigenvalue weighted by atomic mass is 9.83. The number of carbonyl (C=O) groups excluding carboxylic acids is 3. The predicted molar refractivity (Wildman–Crippen MR) is 152 cm³/mol. The van der Waals surface area contributed by atoms with E-state index in [0.717, 1.165) is 32.0 Å². The van der Waals surface area contributed by atoms with Crippen LogP contribution in [0.1, 0.15) is 91.0 Å². The van der Waals surface area contributed by atoms with Gasteiger partial charge in [0.15, 0.2) is 11.9 Å². The molecule has 1 amide bonds. The van der Waals surface area contributed by atoms with Gasteiger partial charge in [-0.1, -0.05) is 40.5 Å². The quantitative estimate of drug-likeness (QED) is 0.143. The van der Waals surface area contributed by atoms with Crippen molar-refractivity contribution < 1.29 is 33.7 Å². The number of H-pyrrole nitrogens is 1. The van der Waals surface area contributed by atoms with Gasteiger partial charge in [-0.3, -0.25) is 19.8 Å². The Balaban J connectivity index is 1.83. The van der Waals surface area contributed by atoms with Gasteiger partial charge in [0.1, 0.15) is 36.8 Å². The van der Waals surface area contributed by atoms with Gasteiger partial charge >= 0.3 is 11.9 Å². The molecule has 5 atom stereocenters. The monoisotopic (exact) mass is 575 g/mol. The number of esters is 2. The lowest BCUT2D eigenvalue weighted by Gasteiger charge is -2.29. The standard InChI is InChI=1S/C29H45N5O7/c1-6-7-11-21(35)34-26(32-16-30)18-12-13-20(33-18)29(5)25(37)23(40-27(38)24(31)28(2,3)4)19(41-29)15-39-22(36)14-17-9-8-10-17/h12-13,16-17,19,23-25,33,37H,6-11,14-15,31H2,1-5H3,(H2,30,32,34,35)/t19-,23-,24-,25-,29+/m1/s1. The minimum atomic E-state index is -1.41. The maximum Gasteiger partial charge on any atom is 0.323 e. The largest absolute Gasteiger partial charge is 0.463 e. The molecule has 1 aromatic rings. The topological polar surface area (TPSA) is 189 Å². The molecule has 12 heteroatoms. The van der Waals surface area contributed by atoms with Crippen LogP contribution in [0.4, 0.5) is 0 Å². The summed E-state index contributed by atoms with van der Waals surface area (Å²) in [5.41, 5.74) is 4.92. The number of aliphatic hydroxyl groups is 1. The number of aliphatic hydroxyl groups excluding tert-OH is 1. The van der Waals surface area contributed by atoms with Crippen molar-refractivity contribution in [1.29, 1.82) is 5.41 Å². The zero-order valence-corrected chi connectivity index (χ0v) is 24.7. The summed E-state index contributed by atoms with van der Waals surface area (Å²) in [5.74, 6) is -0.853. The molecule has 1 saturated heterocycles. The molecule has 41 heavy (non-hydrogen) atoms. The number of amides is 1. The van der Waals surface area contributed by atoms with Crippen molar-refractivity contribution in [3.63, 3.8) is 0 Å². The van der Waals surface area contributed by atoms with Crippen molar-refractivity contribution in [2.75, 3.05) is 6.61 Å². The molecule has 1 saturated carbocycles. The molecule has 0 bridgehead atoms. The van der Waals surface area contributed by atoms with E-state index in [2.05, 4.69) is 15.3 Å². The summed E-state index contributed by atoms with van der Waals surface area (Å²) in [6.45, 7) is 8.80. The van der Waals surface area contributed by atoms with Gasteiger partial charge in [-0.15, -0.1) is 0 Å². The number of unbranched alkanes of at least 4 members (excludes halogenated alkanes) is 1. The van der Waals surface area contributed by atoms with Gasteiger partial charge in [0, 0.05) is 12.8 Å². The molecule has 1 aromatic heterocycles. The highest BCUT2D eigenvalue weighted by Crippen LogP contribution is 2.41. The highest BCUT2D eigenvalue weighted by molar-refractivity contribution is 6.09. The second-order valence-corrected chi connectivity index (χ2v) is 12.2. The van der Waals surface area contributed by atoms with E-state index in [-0.39, 0.29) is 24.3 Å². The molecule has 2 aliphatic rings. The Hall–Kier alpha value is -3.09. The summed E-state index contributed by atoms with van der Waals surface area (Å²) < 4.78 is 17.5. The first-order chi connectivity index (χ1) is 19.3. The van der Waals surface area contributed by atoms with Crippen LogP contribution in [0, 0.1) is 16.7 Å². The molecule has 2 fully saturated rings. The number of aromatic nitrogens is 1. The van der Waals surface area contributed by atoms with Crippen LogP contribution in [0.5, 0.6) is 0 Å². The Bertz CT molecular complexity index is 1120. The number of ether oxygens (including phenoxy) is 3. The summed E-state index contributed by atoms with van der Waals surface area (Å²) in [4.78, 5) is 44.8.